The summed E-state index contributed by atoms with van der Waals surface area (Å²) < 4.78 is 2.00. The van der Waals surface area contributed by atoms with Crippen molar-refractivity contribution in [2.45, 2.75) is 31.7 Å². The van der Waals surface area contributed by atoms with Gasteiger partial charge in [-0.3, -0.25) is 9.59 Å². The fraction of sp³-hybridized carbons (Fsp3) is 0.400. The van der Waals surface area contributed by atoms with E-state index < -0.39 is 5.54 Å². The van der Waals surface area contributed by atoms with Crippen molar-refractivity contribution < 1.29 is 9.59 Å². The van der Waals surface area contributed by atoms with E-state index in [0.717, 1.165) is 47.0 Å². The lowest BCUT2D eigenvalue weighted by molar-refractivity contribution is -0.141. The van der Waals surface area contributed by atoms with Gasteiger partial charge in [-0.2, -0.15) is 0 Å². The van der Waals surface area contributed by atoms with Crippen LogP contribution >= 0.6 is 0 Å². The highest BCUT2D eigenvalue weighted by Gasteiger charge is 2.43. The number of aryl methyl sites for hydroxylation is 2. The van der Waals surface area contributed by atoms with Crippen molar-refractivity contribution in [1.82, 2.24) is 19.4 Å². The van der Waals surface area contributed by atoms with Gasteiger partial charge in [0.2, 0.25) is 5.91 Å². The average Bonchev–Trinajstić information content (AvgIpc) is 3.16. The van der Waals surface area contributed by atoms with Crippen molar-refractivity contribution in [3.8, 4) is 11.1 Å². The number of nitrogens with zero attached hydrogens (tertiary/aromatic N) is 4. The summed E-state index contributed by atoms with van der Waals surface area (Å²) >= 11 is 0. The highest BCUT2D eigenvalue weighted by molar-refractivity contribution is 5.97. The molecule has 0 spiro atoms. The number of hydrogen-bond acceptors (Lipinski definition) is 4. The fourth-order valence-corrected chi connectivity index (χ4v) is 4.77. The lowest BCUT2D eigenvalue weighted by atomic mass is 9.76. The first-order valence-corrected chi connectivity index (χ1v) is 11.3. The molecule has 7 nitrogen and oxygen atoms in total. The quantitative estimate of drug-likeness (QED) is 0.691. The molecule has 2 aliphatic rings. The molecule has 0 atom stereocenters. The number of amides is 2. The molecule has 2 fully saturated rings. The van der Waals surface area contributed by atoms with Gasteiger partial charge in [-0.05, 0) is 61.1 Å². The van der Waals surface area contributed by atoms with Crippen LogP contribution in [-0.2, 0) is 11.8 Å². The van der Waals surface area contributed by atoms with Gasteiger partial charge >= 0.3 is 0 Å². The molecule has 0 radical (unpaired) electrons. The second-order valence-electron chi connectivity index (χ2n) is 9.18. The van der Waals surface area contributed by atoms with Crippen LogP contribution in [0.25, 0.3) is 22.2 Å². The van der Waals surface area contributed by atoms with E-state index in [-0.39, 0.29) is 11.8 Å². The average molecular weight is 432 g/mol. The molecule has 3 aromatic rings. The van der Waals surface area contributed by atoms with Crippen LogP contribution in [0, 0.1) is 6.92 Å². The van der Waals surface area contributed by atoms with Gasteiger partial charge < -0.3 is 20.1 Å². The molecule has 5 rings (SSSR count). The molecular formula is C25H29N5O2. The number of benzene rings is 2. The molecular weight excluding hydrogens is 402 g/mol. The topological polar surface area (TPSA) is 84.5 Å². The number of piperazine rings is 1. The summed E-state index contributed by atoms with van der Waals surface area (Å²) in [4.78, 5) is 33.9. The molecule has 2 N–H and O–H groups in total. The maximum atomic E-state index is 13.2. The Balaban J connectivity index is 1.29. The van der Waals surface area contributed by atoms with E-state index in [0.29, 0.717) is 31.7 Å². The number of fused-ring (bicyclic) bond motifs is 1. The summed E-state index contributed by atoms with van der Waals surface area (Å²) in [5.41, 5.74) is 11.4. The molecule has 1 aromatic heterocycles. The fourth-order valence-electron chi connectivity index (χ4n) is 4.77. The van der Waals surface area contributed by atoms with E-state index in [1.165, 1.54) is 0 Å². The summed E-state index contributed by atoms with van der Waals surface area (Å²) in [6, 6.07) is 12.2. The summed E-state index contributed by atoms with van der Waals surface area (Å²) in [7, 11) is 1.98. The van der Waals surface area contributed by atoms with Crippen molar-refractivity contribution in [3.63, 3.8) is 0 Å². The van der Waals surface area contributed by atoms with Crippen LogP contribution in [0.1, 0.15) is 35.2 Å². The molecule has 1 saturated heterocycles. The van der Waals surface area contributed by atoms with Crippen LogP contribution < -0.4 is 5.73 Å². The number of aromatic nitrogens is 2. The minimum absolute atomic E-state index is 0.0208. The Labute approximate surface area is 187 Å². The van der Waals surface area contributed by atoms with Crippen LogP contribution in [0.4, 0.5) is 0 Å². The minimum Gasteiger partial charge on any atom is -0.338 e. The second-order valence-corrected chi connectivity index (χ2v) is 9.18. The van der Waals surface area contributed by atoms with Crippen LogP contribution in [0.5, 0.6) is 0 Å². The molecule has 2 amide bonds. The van der Waals surface area contributed by atoms with Gasteiger partial charge in [0, 0.05) is 38.8 Å². The first-order chi connectivity index (χ1) is 15.4. The van der Waals surface area contributed by atoms with Crippen LogP contribution in [0.15, 0.2) is 42.7 Å². The van der Waals surface area contributed by atoms with Gasteiger partial charge in [-0.1, -0.05) is 18.2 Å². The van der Waals surface area contributed by atoms with E-state index in [4.69, 9.17) is 5.73 Å². The molecule has 2 heterocycles. The highest BCUT2D eigenvalue weighted by atomic mass is 16.2. The maximum Gasteiger partial charge on any atom is 0.254 e. The molecule has 32 heavy (non-hydrogen) atoms. The van der Waals surface area contributed by atoms with E-state index >= 15 is 0 Å². The predicted molar refractivity (Wildman–Crippen MR) is 124 cm³/mol. The van der Waals surface area contributed by atoms with Crippen molar-refractivity contribution in [3.05, 3.63) is 53.9 Å². The molecule has 2 aromatic carbocycles. The SMILES string of the molecule is Cc1cc(-c2ccc3c(c2)ncn3C)ccc1C(=O)N1CCN(C(=O)C2(N)CCC2)CC1. The molecule has 166 valence electrons. The van der Waals surface area contributed by atoms with Crippen molar-refractivity contribution in [2.24, 2.45) is 12.8 Å². The van der Waals surface area contributed by atoms with Gasteiger partial charge in [0.1, 0.15) is 0 Å². The number of rotatable bonds is 3. The number of carbonyl (C=O) groups excluding carboxylic acids is 2. The van der Waals surface area contributed by atoms with Gasteiger partial charge in [0.05, 0.1) is 22.9 Å². The zero-order valence-corrected chi connectivity index (χ0v) is 18.7. The maximum absolute atomic E-state index is 13.2. The van der Waals surface area contributed by atoms with Gasteiger partial charge in [-0.15, -0.1) is 0 Å². The lowest BCUT2D eigenvalue weighted by Crippen LogP contribution is -2.62. The molecule has 1 aliphatic heterocycles. The molecule has 0 unspecified atom stereocenters. The standard InChI is InChI=1S/C25H29N5O2/c1-17-14-18(19-5-7-22-21(15-19)27-16-28(22)2)4-6-20(17)23(31)29-10-12-30(13-11-29)24(32)25(26)8-3-9-25/h4-7,14-16H,3,8-13,26H2,1-2H3. The van der Waals surface area contributed by atoms with Gasteiger partial charge in [0.25, 0.3) is 5.91 Å². The second kappa shape index (κ2) is 7.74. The van der Waals surface area contributed by atoms with E-state index in [2.05, 4.69) is 29.2 Å². The Morgan fingerprint density at radius 3 is 2.28 bits per heavy atom. The summed E-state index contributed by atoms with van der Waals surface area (Å²) in [5, 5.41) is 0. The molecule has 1 saturated carbocycles. The van der Waals surface area contributed by atoms with Gasteiger partial charge in [-0.25, -0.2) is 4.98 Å². The molecule has 7 heteroatoms. The Morgan fingerprint density at radius 1 is 0.969 bits per heavy atom. The molecule has 0 bridgehead atoms. The third-order valence-electron chi connectivity index (χ3n) is 7.04. The highest BCUT2D eigenvalue weighted by Crippen LogP contribution is 2.31. The largest absolute Gasteiger partial charge is 0.338 e. The number of carbonyl (C=O) groups is 2. The molecule has 1 aliphatic carbocycles. The summed E-state index contributed by atoms with van der Waals surface area (Å²) in [5.74, 6) is 0.0636. The first-order valence-electron chi connectivity index (χ1n) is 11.3. The van der Waals surface area contributed by atoms with E-state index in [1.54, 1.807) is 0 Å². The summed E-state index contributed by atoms with van der Waals surface area (Å²) in [6.45, 7) is 4.15. The summed E-state index contributed by atoms with van der Waals surface area (Å²) in [6.07, 6.45) is 4.37. The Bertz CT molecular complexity index is 1200. The van der Waals surface area contributed by atoms with E-state index in [9.17, 15) is 9.59 Å². The minimum atomic E-state index is -0.670. The Hall–Kier alpha value is -3.19. The van der Waals surface area contributed by atoms with Crippen molar-refractivity contribution in [1.29, 1.82) is 0 Å². The normalized spacial score (nSPS) is 18.0. The van der Waals surface area contributed by atoms with Crippen LogP contribution in [-0.4, -0.2) is 62.9 Å². The Morgan fingerprint density at radius 2 is 1.62 bits per heavy atom. The van der Waals surface area contributed by atoms with Crippen molar-refractivity contribution >= 4 is 22.8 Å². The van der Waals surface area contributed by atoms with Gasteiger partial charge in [0.15, 0.2) is 0 Å². The third-order valence-corrected chi connectivity index (χ3v) is 7.04. The number of imidazole rings is 1. The van der Waals surface area contributed by atoms with Crippen LogP contribution in [0.3, 0.4) is 0 Å². The Kier molecular flexibility index (Phi) is 5.01. The zero-order chi connectivity index (χ0) is 22.5. The van der Waals surface area contributed by atoms with E-state index in [1.807, 2.05) is 46.8 Å². The number of nitrogens with two attached hydrogens (primary N) is 1. The monoisotopic (exact) mass is 431 g/mol. The first kappa shape index (κ1) is 20.7. The smallest absolute Gasteiger partial charge is 0.254 e. The van der Waals surface area contributed by atoms with Crippen LogP contribution in [0.2, 0.25) is 0 Å². The third kappa shape index (κ3) is 3.46. The predicted octanol–water partition coefficient (Wildman–Crippen LogP) is 2.71. The lowest BCUT2D eigenvalue weighted by Gasteiger charge is -2.43. The zero-order valence-electron chi connectivity index (χ0n) is 18.7. The number of hydrogen-bond donors (Lipinski definition) is 1. The van der Waals surface area contributed by atoms with Crippen molar-refractivity contribution in [2.75, 3.05) is 26.2 Å².